The van der Waals surface area contributed by atoms with Crippen LogP contribution in [0.4, 0.5) is 0 Å². The highest BCUT2D eigenvalue weighted by Gasteiger charge is 2.03. The van der Waals surface area contributed by atoms with Gasteiger partial charge in [-0.05, 0) is 20.3 Å². The van der Waals surface area contributed by atoms with Crippen LogP contribution in [-0.2, 0) is 6.54 Å². The number of aromatic nitrogens is 2. The predicted molar refractivity (Wildman–Crippen MR) is 73.6 cm³/mol. The third kappa shape index (κ3) is 5.55. The van der Waals surface area contributed by atoms with Gasteiger partial charge in [0.1, 0.15) is 0 Å². The minimum atomic E-state index is 0.591. The van der Waals surface area contributed by atoms with Gasteiger partial charge in [-0.3, -0.25) is 4.68 Å². The molecule has 0 saturated carbocycles. The van der Waals surface area contributed by atoms with E-state index in [4.69, 9.17) is 11.6 Å². The van der Waals surface area contributed by atoms with Crippen molar-refractivity contribution in [3.8, 4) is 0 Å². The molecule has 98 valence electrons. The molecule has 0 aromatic carbocycles. The van der Waals surface area contributed by atoms with Crippen molar-refractivity contribution in [2.24, 2.45) is 0 Å². The lowest BCUT2D eigenvalue weighted by molar-refractivity contribution is 0.459. The van der Waals surface area contributed by atoms with Crippen LogP contribution < -0.4 is 5.32 Å². The summed E-state index contributed by atoms with van der Waals surface area (Å²) in [7, 11) is 0. The number of hydrogen-bond acceptors (Lipinski definition) is 2. The fourth-order valence-electron chi connectivity index (χ4n) is 1.84. The van der Waals surface area contributed by atoms with Crippen molar-refractivity contribution in [1.29, 1.82) is 0 Å². The van der Waals surface area contributed by atoms with Gasteiger partial charge < -0.3 is 5.32 Å². The maximum Gasteiger partial charge on any atom is 0.0814 e. The summed E-state index contributed by atoms with van der Waals surface area (Å²) >= 11 is 5.95. The molecule has 0 amide bonds. The molecule has 0 spiro atoms. The van der Waals surface area contributed by atoms with Gasteiger partial charge in [-0.2, -0.15) is 5.10 Å². The highest BCUT2D eigenvalue weighted by molar-refractivity contribution is 6.31. The third-order valence-corrected chi connectivity index (χ3v) is 3.33. The maximum atomic E-state index is 5.95. The van der Waals surface area contributed by atoms with E-state index in [1.165, 1.54) is 25.7 Å². The molecule has 1 unspecified atom stereocenters. The molecule has 1 aromatic rings. The van der Waals surface area contributed by atoms with E-state index in [1.807, 2.05) is 17.8 Å². The Hall–Kier alpha value is -0.540. The number of nitrogens with one attached hydrogen (secondary N) is 1. The van der Waals surface area contributed by atoms with Crippen molar-refractivity contribution in [3.63, 3.8) is 0 Å². The van der Waals surface area contributed by atoms with Gasteiger partial charge in [0.2, 0.25) is 0 Å². The second-order valence-corrected chi connectivity index (χ2v) is 5.08. The average Bonchev–Trinajstić information content (AvgIpc) is 2.59. The van der Waals surface area contributed by atoms with E-state index in [0.717, 1.165) is 23.8 Å². The molecule has 0 saturated heterocycles. The van der Waals surface area contributed by atoms with Crippen LogP contribution in [-0.4, -0.2) is 22.4 Å². The zero-order chi connectivity index (χ0) is 12.7. The van der Waals surface area contributed by atoms with Crippen LogP contribution in [0.25, 0.3) is 0 Å². The van der Waals surface area contributed by atoms with Crippen LogP contribution in [0.2, 0.25) is 5.02 Å². The molecule has 1 rings (SSSR count). The summed E-state index contributed by atoms with van der Waals surface area (Å²) in [6, 6.07) is 0.591. The number of unbranched alkanes of at least 4 members (excludes halogenated alkanes) is 2. The molecule has 0 radical (unpaired) electrons. The molecule has 4 heteroatoms. The van der Waals surface area contributed by atoms with Crippen molar-refractivity contribution in [2.75, 3.05) is 6.54 Å². The highest BCUT2D eigenvalue weighted by atomic mass is 35.5. The molecule has 1 N–H and O–H groups in total. The Morgan fingerprint density at radius 3 is 2.82 bits per heavy atom. The smallest absolute Gasteiger partial charge is 0.0814 e. The zero-order valence-corrected chi connectivity index (χ0v) is 11.9. The summed E-state index contributed by atoms with van der Waals surface area (Å²) in [6.45, 7) is 8.24. The van der Waals surface area contributed by atoms with Crippen LogP contribution in [0, 0.1) is 6.92 Å². The summed E-state index contributed by atoms with van der Waals surface area (Å²) in [6.07, 6.45) is 7.09. The van der Waals surface area contributed by atoms with Gasteiger partial charge in [0.05, 0.1) is 17.3 Å². The van der Waals surface area contributed by atoms with Gasteiger partial charge in [0, 0.05) is 18.8 Å². The van der Waals surface area contributed by atoms with Crippen LogP contribution >= 0.6 is 11.6 Å². The molecule has 1 atom stereocenters. The first kappa shape index (κ1) is 14.5. The molecule has 1 heterocycles. The van der Waals surface area contributed by atoms with Gasteiger partial charge in [-0.1, -0.05) is 37.8 Å². The second-order valence-electron chi connectivity index (χ2n) is 4.68. The van der Waals surface area contributed by atoms with Crippen molar-refractivity contribution in [1.82, 2.24) is 15.1 Å². The highest BCUT2D eigenvalue weighted by Crippen LogP contribution is 2.11. The minimum Gasteiger partial charge on any atom is -0.312 e. The molecule has 3 nitrogen and oxygen atoms in total. The number of rotatable bonds is 8. The lowest BCUT2D eigenvalue weighted by atomic mass is 10.1. The van der Waals surface area contributed by atoms with E-state index in [2.05, 4.69) is 24.3 Å². The van der Waals surface area contributed by atoms with E-state index in [1.54, 1.807) is 0 Å². The fourth-order valence-corrected chi connectivity index (χ4v) is 1.99. The largest absolute Gasteiger partial charge is 0.312 e. The molecular weight excluding hydrogens is 234 g/mol. The summed E-state index contributed by atoms with van der Waals surface area (Å²) < 4.78 is 1.91. The number of nitrogens with zero attached hydrogens (tertiary/aromatic N) is 2. The van der Waals surface area contributed by atoms with E-state index in [0.29, 0.717) is 6.04 Å². The van der Waals surface area contributed by atoms with Crippen molar-refractivity contribution in [2.45, 2.75) is 59.0 Å². The first-order chi connectivity index (χ1) is 8.13. The van der Waals surface area contributed by atoms with Crippen LogP contribution in [0.15, 0.2) is 6.20 Å². The molecule has 17 heavy (non-hydrogen) atoms. The van der Waals surface area contributed by atoms with Crippen molar-refractivity contribution < 1.29 is 0 Å². The second kappa shape index (κ2) is 7.72. The van der Waals surface area contributed by atoms with Gasteiger partial charge in [-0.25, -0.2) is 0 Å². The van der Waals surface area contributed by atoms with E-state index in [-0.39, 0.29) is 0 Å². The summed E-state index contributed by atoms with van der Waals surface area (Å²) in [5.41, 5.74) is 0.905. The molecule has 0 fully saturated rings. The topological polar surface area (TPSA) is 29.9 Å². The van der Waals surface area contributed by atoms with E-state index < -0.39 is 0 Å². The van der Waals surface area contributed by atoms with Crippen LogP contribution in [0.1, 0.15) is 45.2 Å². The molecule has 0 bridgehead atoms. The standard InChI is InChI=1S/C13H24ClN3/c1-4-5-6-7-11(2)15-8-9-17-10-13(14)12(3)16-17/h10-11,15H,4-9H2,1-3H3. The van der Waals surface area contributed by atoms with Gasteiger partial charge >= 0.3 is 0 Å². The van der Waals surface area contributed by atoms with E-state index >= 15 is 0 Å². The third-order valence-electron chi connectivity index (χ3n) is 2.96. The minimum absolute atomic E-state index is 0.591. The zero-order valence-electron chi connectivity index (χ0n) is 11.2. The lowest BCUT2D eigenvalue weighted by Crippen LogP contribution is -2.29. The summed E-state index contributed by atoms with van der Waals surface area (Å²) in [5, 5.41) is 8.59. The SMILES string of the molecule is CCCCCC(C)NCCn1cc(Cl)c(C)n1. The molecule has 0 aliphatic carbocycles. The Morgan fingerprint density at radius 1 is 1.47 bits per heavy atom. The number of aryl methyl sites for hydroxylation is 1. The van der Waals surface area contributed by atoms with Crippen LogP contribution in [0.5, 0.6) is 0 Å². The number of hydrogen-bond donors (Lipinski definition) is 1. The fraction of sp³-hybridized carbons (Fsp3) is 0.769. The summed E-state index contributed by atoms with van der Waals surface area (Å²) in [5.74, 6) is 0. The van der Waals surface area contributed by atoms with Gasteiger partial charge in [-0.15, -0.1) is 0 Å². The summed E-state index contributed by atoms with van der Waals surface area (Å²) in [4.78, 5) is 0. The molecule has 0 aliphatic heterocycles. The molecule has 0 aliphatic rings. The Kier molecular flexibility index (Phi) is 6.60. The Balaban J connectivity index is 2.14. The molecule has 1 aromatic heterocycles. The van der Waals surface area contributed by atoms with Crippen LogP contribution in [0.3, 0.4) is 0 Å². The average molecular weight is 258 g/mol. The van der Waals surface area contributed by atoms with Crippen molar-refractivity contribution in [3.05, 3.63) is 16.9 Å². The Bertz CT molecular complexity index is 303. The first-order valence-corrected chi connectivity index (χ1v) is 6.94. The first-order valence-electron chi connectivity index (χ1n) is 6.56. The molecular formula is C13H24ClN3. The normalized spacial score (nSPS) is 12.9. The maximum absolute atomic E-state index is 5.95. The predicted octanol–water partition coefficient (Wildman–Crippen LogP) is 3.40. The Labute approximate surface area is 110 Å². The number of halogens is 1. The van der Waals surface area contributed by atoms with Crippen molar-refractivity contribution >= 4 is 11.6 Å². The monoisotopic (exact) mass is 257 g/mol. The lowest BCUT2D eigenvalue weighted by Gasteiger charge is -2.13. The quantitative estimate of drug-likeness (QED) is 0.724. The van der Waals surface area contributed by atoms with E-state index in [9.17, 15) is 0 Å². The Morgan fingerprint density at radius 2 is 2.24 bits per heavy atom. The van der Waals surface area contributed by atoms with Gasteiger partial charge in [0.15, 0.2) is 0 Å². The van der Waals surface area contributed by atoms with Gasteiger partial charge in [0.25, 0.3) is 0 Å².